The molecule has 3 heterocycles. The summed E-state index contributed by atoms with van der Waals surface area (Å²) in [7, 11) is 1.99. The van der Waals surface area contributed by atoms with E-state index in [1.165, 1.54) is 25.0 Å². The summed E-state index contributed by atoms with van der Waals surface area (Å²) in [6.45, 7) is 15.1. The first-order valence-corrected chi connectivity index (χ1v) is 11.3. The highest BCUT2D eigenvalue weighted by Crippen LogP contribution is 2.48. The largest absolute Gasteiger partial charge is 0.444 e. The number of likely N-dealkylation sites (tertiary alicyclic amines) is 1. The van der Waals surface area contributed by atoms with E-state index in [0.717, 1.165) is 38.3 Å². The van der Waals surface area contributed by atoms with Crippen molar-refractivity contribution in [3.05, 3.63) is 11.8 Å². The minimum atomic E-state index is -0.362. The second-order valence-corrected chi connectivity index (χ2v) is 11.2. The van der Waals surface area contributed by atoms with Crippen molar-refractivity contribution in [1.82, 2.24) is 14.7 Å². The molecule has 3 aliphatic rings. The fourth-order valence-corrected chi connectivity index (χ4v) is 4.76. The average molecular weight is 436 g/mol. The summed E-state index contributed by atoms with van der Waals surface area (Å²) in [5.74, 6) is 1.08. The van der Waals surface area contributed by atoms with Crippen LogP contribution in [0.25, 0.3) is 0 Å². The van der Waals surface area contributed by atoms with Gasteiger partial charge in [0.25, 0.3) is 0 Å². The molecule has 31 heavy (non-hydrogen) atoms. The molecular formula is C24H45N5O2. The fourth-order valence-electron chi connectivity index (χ4n) is 4.76. The normalized spacial score (nSPS) is 23.7. The molecule has 1 unspecified atom stereocenters. The third kappa shape index (κ3) is 5.93. The number of carbonyl (C=O) groups excluding carboxylic acids is 1. The molecule has 7 heteroatoms. The number of hydrogen-bond acceptors (Lipinski definition) is 5. The van der Waals surface area contributed by atoms with E-state index < -0.39 is 0 Å². The first-order chi connectivity index (χ1) is 13.8. The highest BCUT2D eigenvalue weighted by Gasteiger charge is 2.49. The predicted molar refractivity (Wildman–Crippen MR) is 127 cm³/mol. The molecule has 4 rings (SSSR count). The molecule has 2 N–H and O–H groups in total. The first-order valence-electron chi connectivity index (χ1n) is 11.3. The number of carbonyl (C=O) groups is 1. The van der Waals surface area contributed by atoms with Crippen LogP contribution in [0.15, 0.2) is 6.07 Å². The molecule has 2 aliphatic heterocycles. The van der Waals surface area contributed by atoms with Crippen molar-refractivity contribution >= 4 is 11.9 Å². The first kappa shape index (κ1) is 25.5. The smallest absolute Gasteiger partial charge is 0.410 e. The third-order valence-corrected chi connectivity index (χ3v) is 6.71. The van der Waals surface area contributed by atoms with Gasteiger partial charge in [-0.3, -0.25) is 4.68 Å². The zero-order chi connectivity index (χ0) is 22.3. The second kappa shape index (κ2) is 9.00. The van der Waals surface area contributed by atoms with Gasteiger partial charge < -0.3 is 20.3 Å². The predicted octanol–water partition coefficient (Wildman–Crippen LogP) is 4.48. The van der Waals surface area contributed by atoms with E-state index in [1.807, 2.05) is 37.4 Å². The summed E-state index contributed by atoms with van der Waals surface area (Å²) in [5, 5.41) is 4.56. The Morgan fingerprint density at radius 3 is 2.29 bits per heavy atom. The Morgan fingerprint density at radius 2 is 1.87 bits per heavy atom. The average Bonchev–Trinajstić information content (AvgIpc) is 2.81. The van der Waals surface area contributed by atoms with Gasteiger partial charge in [-0.1, -0.05) is 13.8 Å². The molecule has 7 nitrogen and oxygen atoms in total. The third-order valence-electron chi connectivity index (χ3n) is 6.71. The minimum absolute atomic E-state index is 0. The van der Waals surface area contributed by atoms with Crippen molar-refractivity contribution in [3.63, 3.8) is 0 Å². The fraction of sp³-hybridized carbons (Fsp3) is 0.833. The lowest BCUT2D eigenvalue weighted by molar-refractivity contribution is -0.0690. The zero-order valence-electron chi connectivity index (χ0n) is 20.0. The number of aromatic nitrogens is 2. The number of nitrogens with two attached hydrogens (primary N) is 1. The molecule has 1 aliphatic carbocycles. The molecule has 0 bridgehead atoms. The number of amides is 1. The van der Waals surface area contributed by atoms with Crippen molar-refractivity contribution in [1.29, 1.82) is 0 Å². The van der Waals surface area contributed by atoms with Gasteiger partial charge in [0.05, 0.1) is 0 Å². The number of anilines is 1. The number of aryl methyl sites for hydroxylation is 2. The monoisotopic (exact) mass is 435 g/mol. The van der Waals surface area contributed by atoms with E-state index >= 15 is 0 Å². The number of nitrogens with zero attached hydrogens (tertiary/aromatic N) is 4. The Balaban J connectivity index is 0.000000215. The van der Waals surface area contributed by atoms with Crippen LogP contribution in [0, 0.1) is 12.3 Å². The summed E-state index contributed by atoms with van der Waals surface area (Å²) in [4.78, 5) is 15.8. The molecule has 2 saturated heterocycles. The summed E-state index contributed by atoms with van der Waals surface area (Å²) in [6.07, 6.45) is 5.87. The molecule has 0 aromatic carbocycles. The van der Waals surface area contributed by atoms with Crippen molar-refractivity contribution in [3.8, 4) is 0 Å². The highest BCUT2D eigenvalue weighted by molar-refractivity contribution is 5.69. The van der Waals surface area contributed by atoms with Gasteiger partial charge >= 0.3 is 6.09 Å². The van der Waals surface area contributed by atoms with Crippen molar-refractivity contribution in [2.24, 2.45) is 18.2 Å². The van der Waals surface area contributed by atoms with E-state index in [1.54, 1.807) is 0 Å². The SMILES string of the molecule is C.CC(C)(C)OC(=O)N1CC2(CCC2)C1.Cc1cc(N2CCC(N)CC2(C)C)nn1C. The van der Waals surface area contributed by atoms with Crippen LogP contribution in [0.3, 0.4) is 0 Å². The van der Waals surface area contributed by atoms with E-state index in [2.05, 4.69) is 36.8 Å². The van der Waals surface area contributed by atoms with Gasteiger partial charge in [0, 0.05) is 55.4 Å². The number of piperidine rings is 1. The van der Waals surface area contributed by atoms with Crippen LogP contribution in [-0.2, 0) is 11.8 Å². The van der Waals surface area contributed by atoms with Gasteiger partial charge in [0.15, 0.2) is 5.82 Å². The topological polar surface area (TPSA) is 76.6 Å². The summed E-state index contributed by atoms with van der Waals surface area (Å²) in [6, 6.07) is 2.48. The van der Waals surface area contributed by atoms with Crippen LogP contribution >= 0.6 is 0 Å². The maximum atomic E-state index is 11.6. The van der Waals surface area contributed by atoms with Crippen molar-refractivity contribution in [2.75, 3.05) is 24.5 Å². The lowest BCUT2D eigenvalue weighted by atomic mass is 9.64. The zero-order valence-corrected chi connectivity index (χ0v) is 20.0. The molecule has 1 aromatic heterocycles. The van der Waals surface area contributed by atoms with Crippen LogP contribution < -0.4 is 10.6 Å². The summed E-state index contributed by atoms with van der Waals surface area (Å²) >= 11 is 0. The Kier molecular flexibility index (Phi) is 7.41. The Morgan fingerprint density at radius 1 is 1.26 bits per heavy atom. The lowest BCUT2D eigenvalue weighted by Gasteiger charge is -2.55. The molecule has 3 fully saturated rings. The number of hydrogen-bond donors (Lipinski definition) is 1. The Hall–Kier alpha value is -1.76. The molecule has 1 atom stereocenters. The molecule has 0 radical (unpaired) electrons. The lowest BCUT2D eigenvalue weighted by Crippen LogP contribution is -2.62. The van der Waals surface area contributed by atoms with Gasteiger partial charge in [-0.2, -0.15) is 5.10 Å². The Labute approximate surface area is 189 Å². The quantitative estimate of drug-likeness (QED) is 0.704. The molecule has 1 saturated carbocycles. The van der Waals surface area contributed by atoms with Gasteiger partial charge in [-0.25, -0.2) is 4.79 Å². The van der Waals surface area contributed by atoms with E-state index in [0.29, 0.717) is 11.5 Å². The standard InChI is InChI=1S/C12H22N4.C11H19NO2.CH4/c1-9-7-11(14-15(9)4)16-6-5-10(13)8-12(16,2)3;1-10(2,3)14-9(13)12-7-11(8-12)5-4-6-11;/h7,10H,5-6,8,13H2,1-4H3;4-8H2,1-3H3;1H4. The minimum Gasteiger partial charge on any atom is -0.444 e. The highest BCUT2D eigenvalue weighted by atomic mass is 16.6. The molecular weight excluding hydrogens is 390 g/mol. The maximum Gasteiger partial charge on any atom is 0.410 e. The molecule has 1 amide bonds. The molecule has 1 aromatic rings. The van der Waals surface area contributed by atoms with Gasteiger partial charge in [0.1, 0.15) is 5.60 Å². The summed E-state index contributed by atoms with van der Waals surface area (Å²) in [5.41, 5.74) is 7.47. The van der Waals surface area contributed by atoms with Gasteiger partial charge in [0.2, 0.25) is 0 Å². The second-order valence-electron chi connectivity index (χ2n) is 11.2. The molecule has 1 spiro atoms. The van der Waals surface area contributed by atoms with E-state index in [9.17, 15) is 4.79 Å². The number of rotatable bonds is 1. The van der Waals surface area contributed by atoms with Crippen molar-refractivity contribution in [2.45, 2.75) is 98.3 Å². The van der Waals surface area contributed by atoms with Crippen LogP contribution in [0.5, 0.6) is 0 Å². The molecule has 178 valence electrons. The maximum absolute atomic E-state index is 11.6. The van der Waals surface area contributed by atoms with Gasteiger partial charge in [-0.05, 0) is 67.2 Å². The number of ether oxygens (including phenoxy) is 1. The van der Waals surface area contributed by atoms with E-state index in [4.69, 9.17) is 10.5 Å². The van der Waals surface area contributed by atoms with Crippen LogP contribution in [0.4, 0.5) is 10.6 Å². The summed E-state index contributed by atoms with van der Waals surface area (Å²) < 4.78 is 7.22. The van der Waals surface area contributed by atoms with Gasteiger partial charge in [-0.15, -0.1) is 0 Å². The van der Waals surface area contributed by atoms with Crippen LogP contribution in [0.1, 0.15) is 79.8 Å². The van der Waals surface area contributed by atoms with Crippen molar-refractivity contribution < 1.29 is 9.53 Å². The van der Waals surface area contributed by atoms with E-state index in [-0.39, 0.29) is 24.7 Å². The Bertz CT molecular complexity index is 733. The van der Waals surface area contributed by atoms with Crippen LogP contribution in [0.2, 0.25) is 0 Å². The van der Waals surface area contributed by atoms with Crippen LogP contribution in [-0.4, -0.2) is 57.6 Å².